The topological polar surface area (TPSA) is 61.4 Å². The Morgan fingerprint density at radius 2 is 2.33 bits per heavy atom. The maximum atomic E-state index is 11.8. The molecule has 0 aromatic rings. The smallest absolute Gasteiger partial charge is 0.220 e. The molecule has 4 heteroatoms. The van der Waals surface area contributed by atoms with Crippen LogP contribution in [0.3, 0.4) is 0 Å². The lowest BCUT2D eigenvalue weighted by Crippen LogP contribution is -2.46. The Labute approximate surface area is 110 Å². The van der Waals surface area contributed by atoms with Gasteiger partial charge in [-0.1, -0.05) is 19.8 Å². The molecule has 1 saturated carbocycles. The molecule has 0 aromatic heterocycles. The number of amides is 1. The number of aliphatic hydroxyl groups is 1. The van der Waals surface area contributed by atoms with Crippen LogP contribution < -0.4 is 10.6 Å². The van der Waals surface area contributed by atoms with E-state index in [4.69, 9.17) is 0 Å². The van der Waals surface area contributed by atoms with Crippen molar-refractivity contribution in [3.05, 3.63) is 0 Å². The van der Waals surface area contributed by atoms with Crippen LogP contribution in [0.4, 0.5) is 0 Å². The van der Waals surface area contributed by atoms with Crippen LogP contribution >= 0.6 is 0 Å². The molecule has 0 bridgehead atoms. The normalized spacial score (nSPS) is 36.6. The number of rotatable bonds is 4. The molecule has 1 aliphatic carbocycles. The Kier molecular flexibility index (Phi) is 4.62. The molecule has 4 nitrogen and oxygen atoms in total. The van der Waals surface area contributed by atoms with E-state index >= 15 is 0 Å². The van der Waals surface area contributed by atoms with Gasteiger partial charge in [0, 0.05) is 13.0 Å². The Morgan fingerprint density at radius 1 is 1.50 bits per heavy atom. The van der Waals surface area contributed by atoms with Crippen molar-refractivity contribution in [2.45, 2.75) is 51.0 Å². The summed E-state index contributed by atoms with van der Waals surface area (Å²) in [6, 6.07) is 0. The predicted molar refractivity (Wildman–Crippen MR) is 71.2 cm³/mol. The van der Waals surface area contributed by atoms with Gasteiger partial charge in [-0.15, -0.1) is 0 Å². The van der Waals surface area contributed by atoms with E-state index in [2.05, 4.69) is 17.6 Å². The van der Waals surface area contributed by atoms with Gasteiger partial charge in [-0.25, -0.2) is 0 Å². The van der Waals surface area contributed by atoms with Crippen molar-refractivity contribution >= 4 is 5.91 Å². The van der Waals surface area contributed by atoms with Crippen molar-refractivity contribution < 1.29 is 9.90 Å². The third-order valence-corrected chi connectivity index (χ3v) is 4.32. The minimum atomic E-state index is -0.665. The maximum absolute atomic E-state index is 11.8. The second-order valence-corrected chi connectivity index (χ2v) is 6.27. The Bertz CT molecular complexity index is 290. The lowest BCUT2D eigenvalue weighted by molar-refractivity contribution is -0.123. The fraction of sp³-hybridized carbons (Fsp3) is 0.929. The summed E-state index contributed by atoms with van der Waals surface area (Å²) in [4.78, 5) is 11.8. The zero-order chi connectivity index (χ0) is 13.0. The van der Waals surface area contributed by atoms with Crippen molar-refractivity contribution in [2.24, 2.45) is 11.8 Å². The van der Waals surface area contributed by atoms with E-state index in [0.29, 0.717) is 24.8 Å². The molecule has 0 spiro atoms. The third-order valence-electron chi connectivity index (χ3n) is 4.32. The van der Waals surface area contributed by atoms with Gasteiger partial charge in [0.25, 0.3) is 0 Å². The van der Waals surface area contributed by atoms with Crippen molar-refractivity contribution in [2.75, 3.05) is 19.6 Å². The van der Waals surface area contributed by atoms with Gasteiger partial charge in [-0.3, -0.25) is 4.79 Å². The molecule has 0 aromatic carbocycles. The molecule has 3 N–H and O–H groups in total. The SMILES string of the molecule is CC1CCCC(O)(CNC(=O)CC2CCNC2)C1. The number of carbonyl (C=O) groups excluding carboxylic acids is 1. The van der Waals surface area contributed by atoms with Gasteiger partial charge in [-0.05, 0) is 44.2 Å². The lowest BCUT2D eigenvalue weighted by Gasteiger charge is -2.35. The van der Waals surface area contributed by atoms with Gasteiger partial charge in [-0.2, -0.15) is 0 Å². The third kappa shape index (κ3) is 3.95. The molecule has 104 valence electrons. The molecule has 0 radical (unpaired) electrons. The summed E-state index contributed by atoms with van der Waals surface area (Å²) in [5, 5.41) is 16.6. The molecule has 3 atom stereocenters. The number of nitrogens with one attached hydrogen (secondary N) is 2. The van der Waals surface area contributed by atoms with Gasteiger partial charge in [0.15, 0.2) is 0 Å². The van der Waals surface area contributed by atoms with Gasteiger partial charge in [0.1, 0.15) is 0 Å². The van der Waals surface area contributed by atoms with Crippen molar-refractivity contribution in [3.63, 3.8) is 0 Å². The molecule has 1 amide bonds. The van der Waals surface area contributed by atoms with Crippen LogP contribution in [0, 0.1) is 11.8 Å². The van der Waals surface area contributed by atoms with Crippen LogP contribution in [0.15, 0.2) is 0 Å². The molecule has 1 heterocycles. The lowest BCUT2D eigenvalue weighted by atomic mass is 9.79. The maximum Gasteiger partial charge on any atom is 0.220 e. The number of hydrogen-bond acceptors (Lipinski definition) is 3. The zero-order valence-electron chi connectivity index (χ0n) is 11.4. The summed E-state index contributed by atoms with van der Waals surface area (Å²) in [6.07, 6.45) is 5.60. The van der Waals surface area contributed by atoms with Crippen LogP contribution in [0.2, 0.25) is 0 Å². The molecule has 2 aliphatic rings. The highest BCUT2D eigenvalue weighted by molar-refractivity contribution is 5.76. The average Bonchev–Trinajstić information content (AvgIpc) is 2.79. The monoisotopic (exact) mass is 254 g/mol. The molecule has 2 rings (SSSR count). The first-order valence-corrected chi connectivity index (χ1v) is 7.27. The summed E-state index contributed by atoms with van der Waals surface area (Å²) in [6.45, 7) is 4.58. The second-order valence-electron chi connectivity index (χ2n) is 6.27. The first kappa shape index (κ1) is 13.8. The minimum absolute atomic E-state index is 0.0929. The highest BCUT2D eigenvalue weighted by Crippen LogP contribution is 2.31. The molecule has 18 heavy (non-hydrogen) atoms. The first-order chi connectivity index (χ1) is 8.57. The van der Waals surface area contributed by atoms with Crippen LogP contribution in [0.1, 0.15) is 45.4 Å². The average molecular weight is 254 g/mol. The van der Waals surface area contributed by atoms with E-state index in [1.54, 1.807) is 0 Å². The molecule has 1 saturated heterocycles. The van der Waals surface area contributed by atoms with Crippen molar-refractivity contribution in [1.82, 2.24) is 10.6 Å². The van der Waals surface area contributed by atoms with E-state index in [1.165, 1.54) is 6.42 Å². The number of hydrogen-bond donors (Lipinski definition) is 3. The summed E-state index contributed by atoms with van der Waals surface area (Å²) in [5.41, 5.74) is -0.665. The van der Waals surface area contributed by atoms with E-state index in [1.807, 2.05) is 0 Å². The quantitative estimate of drug-likeness (QED) is 0.702. The zero-order valence-corrected chi connectivity index (χ0v) is 11.4. The largest absolute Gasteiger partial charge is 0.388 e. The summed E-state index contributed by atoms with van der Waals surface area (Å²) >= 11 is 0. The molecule has 3 unspecified atom stereocenters. The number of carbonyl (C=O) groups is 1. The molecule has 2 fully saturated rings. The first-order valence-electron chi connectivity index (χ1n) is 7.27. The van der Waals surface area contributed by atoms with Gasteiger partial charge in [0.05, 0.1) is 5.60 Å². The van der Waals surface area contributed by atoms with Crippen molar-refractivity contribution in [1.29, 1.82) is 0 Å². The van der Waals surface area contributed by atoms with Gasteiger partial charge >= 0.3 is 0 Å². The van der Waals surface area contributed by atoms with E-state index in [-0.39, 0.29) is 5.91 Å². The van der Waals surface area contributed by atoms with Gasteiger partial charge in [0.2, 0.25) is 5.91 Å². The Morgan fingerprint density at radius 3 is 3.00 bits per heavy atom. The fourth-order valence-electron chi connectivity index (χ4n) is 3.28. The van der Waals surface area contributed by atoms with E-state index < -0.39 is 5.60 Å². The fourth-order valence-corrected chi connectivity index (χ4v) is 3.28. The minimum Gasteiger partial charge on any atom is -0.388 e. The highest BCUT2D eigenvalue weighted by atomic mass is 16.3. The second kappa shape index (κ2) is 6.02. The molecular formula is C14H26N2O2. The Balaban J connectivity index is 1.71. The highest BCUT2D eigenvalue weighted by Gasteiger charge is 2.33. The summed E-state index contributed by atoms with van der Waals surface area (Å²) in [7, 11) is 0. The summed E-state index contributed by atoms with van der Waals surface area (Å²) < 4.78 is 0. The van der Waals surface area contributed by atoms with Crippen LogP contribution in [0.25, 0.3) is 0 Å². The van der Waals surface area contributed by atoms with Crippen LogP contribution in [-0.2, 0) is 4.79 Å². The summed E-state index contributed by atoms with van der Waals surface area (Å²) in [5.74, 6) is 1.14. The Hall–Kier alpha value is -0.610. The standard InChI is InChI=1S/C14H26N2O2/c1-11-3-2-5-14(18,8-11)10-16-13(17)7-12-4-6-15-9-12/h11-12,15,18H,2-10H2,1H3,(H,16,17). The van der Waals surface area contributed by atoms with E-state index in [9.17, 15) is 9.90 Å². The van der Waals surface area contributed by atoms with E-state index in [0.717, 1.165) is 38.8 Å². The van der Waals surface area contributed by atoms with Crippen LogP contribution in [-0.4, -0.2) is 36.2 Å². The molecular weight excluding hydrogens is 228 g/mol. The molecule has 1 aliphatic heterocycles. The van der Waals surface area contributed by atoms with Gasteiger partial charge < -0.3 is 15.7 Å². The predicted octanol–water partition coefficient (Wildman–Crippen LogP) is 1.04. The van der Waals surface area contributed by atoms with Crippen molar-refractivity contribution in [3.8, 4) is 0 Å². The van der Waals surface area contributed by atoms with Crippen LogP contribution in [0.5, 0.6) is 0 Å².